The van der Waals surface area contributed by atoms with Gasteiger partial charge >= 0.3 is 0 Å². The Bertz CT molecular complexity index is 346. The third-order valence-corrected chi connectivity index (χ3v) is 2.63. The maximum absolute atomic E-state index is 11.2. The van der Waals surface area contributed by atoms with Crippen LogP contribution in [0.15, 0.2) is 12.3 Å². The van der Waals surface area contributed by atoms with Gasteiger partial charge in [0, 0.05) is 25.7 Å². The van der Waals surface area contributed by atoms with Crippen LogP contribution in [-0.2, 0) is 11.8 Å². The van der Waals surface area contributed by atoms with E-state index in [9.17, 15) is 4.79 Å². The van der Waals surface area contributed by atoms with Gasteiger partial charge in [-0.15, -0.1) is 0 Å². The first-order chi connectivity index (χ1) is 6.68. The number of aromatic nitrogens is 2. The van der Waals surface area contributed by atoms with Crippen LogP contribution in [0.1, 0.15) is 24.6 Å². The van der Waals surface area contributed by atoms with Crippen LogP contribution in [0, 0.1) is 0 Å². The summed E-state index contributed by atoms with van der Waals surface area (Å²) in [5.41, 5.74) is 6.91. The van der Waals surface area contributed by atoms with Crippen LogP contribution in [0.25, 0.3) is 0 Å². The first kappa shape index (κ1) is 9.21. The molecule has 3 N–H and O–H groups in total. The molecule has 1 saturated heterocycles. The Kier molecular flexibility index (Phi) is 2.25. The summed E-state index contributed by atoms with van der Waals surface area (Å²) in [5.74, 6) is 0.0675. The molecular weight excluding hydrogens is 180 g/mol. The molecule has 2 heterocycles. The van der Waals surface area contributed by atoms with Crippen LogP contribution in [0.5, 0.6) is 0 Å². The Morgan fingerprint density at radius 1 is 1.71 bits per heavy atom. The van der Waals surface area contributed by atoms with Gasteiger partial charge in [0.05, 0.1) is 11.7 Å². The van der Waals surface area contributed by atoms with Crippen molar-refractivity contribution in [3.63, 3.8) is 0 Å². The maximum Gasteiger partial charge on any atom is 0.220 e. The number of nitrogens with two attached hydrogens (primary N) is 1. The highest BCUT2D eigenvalue weighted by atomic mass is 16.1. The fraction of sp³-hybridized carbons (Fsp3) is 0.556. The summed E-state index contributed by atoms with van der Waals surface area (Å²) in [7, 11) is 1.85. The molecule has 76 valence electrons. The van der Waals surface area contributed by atoms with Crippen molar-refractivity contribution in [1.82, 2.24) is 15.1 Å². The van der Waals surface area contributed by atoms with Crippen LogP contribution in [-0.4, -0.2) is 21.7 Å². The molecule has 0 saturated carbocycles. The van der Waals surface area contributed by atoms with E-state index in [4.69, 9.17) is 5.73 Å². The van der Waals surface area contributed by atoms with Gasteiger partial charge in [-0.1, -0.05) is 0 Å². The molecule has 2 rings (SSSR count). The highest BCUT2D eigenvalue weighted by Gasteiger charge is 2.28. The normalized spacial score (nSPS) is 27.4. The van der Waals surface area contributed by atoms with Gasteiger partial charge in [-0.05, 0) is 12.5 Å². The smallest absolute Gasteiger partial charge is 0.220 e. The van der Waals surface area contributed by atoms with Gasteiger partial charge in [-0.3, -0.25) is 9.48 Å². The maximum atomic E-state index is 11.2. The van der Waals surface area contributed by atoms with Crippen molar-refractivity contribution >= 4 is 5.91 Å². The molecule has 5 nitrogen and oxygen atoms in total. The van der Waals surface area contributed by atoms with Crippen molar-refractivity contribution in [3.05, 3.63) is 18.0 Å². The Morgan fingerprint density at radius 2 is 2.50 bits per heavy atom. The molecule has 2 atom stereocenters. The number of rotatable bonds is 1. The third kappa shape index (κ3) is 1.50. The fourth-order valence-corrected chi connectivity index (χ4v) is 1.80. The van der Waals surface area contributed by atoms with E-state index in [1.807, 2.05) is 13.1 Å². The zero-order valence-electron chi connectivity index (χ0n) is 8.10. The van der Waals surface area contributed by atoms with Gasteiger partial charge < -0.3 is 11.1 Å². The van der Waals surface area contributed by atoms with E-state index in [0.29, 0.717) is 6.42 Å². The van der Waals surface area contributed by atoms with Gasteiger partial charge in [0.25, 0.3) is 0 Å². The van der Waals surface area contributed by atoms with E-state index >= 15 is 0 Å². The number of nitrogens with one attached hydrogen (secondary N) is 1. The van der Waals surface area contributed by atoms with Crippen molar-refractivity contribution in [2.24, 2.45) is 12.8 Å². The molecule has 1 aromatic rings. The van der Waals surface area contributed by atoms with Crippen LogP contribution in [0.2, 0.25) is 0 Å². The standard InChI is InChI=1S/C9H14N4O/c1-13-7(4-5-11-13)9-6(10)2-3-8(14)12-9/h4-6,9H,2-3,10H2,1H3,(H,12,14). The molecule has 1 aliphatic rings. The van der Waals surface area contributed by atoms with Crippen LogP contribution >= 0.6 is 0 Å². The second-order valence-electron chi connectivity index (χ2n) is 3.63. The summed E-state index contributed by atoms with van der Waals surface area (Å²) in [4.78, 5) is 11.2. The number of carbonyl (C=O) groups is 1. The van der Waals surface area contributed by atoms with Crippen molar-refractivity contribution in [2.45, 2.75) is 24.9 Å². The average Bonchev–Trinajstić information content (AvgIpc) is 2.56. The lowest BCUT2D eigenvalue weighted by atomic mass is 9.96. The monoisotopic (exact) mass is 194 g/mol. The Hall–Kier alpha value is -1.36. The lowest BCUT2D eigenvalue weighted by molar-refractivity contribution is -0.123. The van der Waals surface area contributed by atoms with Gasteiger partial charge in [-0.2, -0.15) is 5.10 Å². The minimum Gasteiger partial charge on any atom is -0.346 e. The molecule has 0 radical (unpaired) electrons. The Labute approximate surface area is 82.3 Å². The number of piperidine rings is 1. The molecular formula is C9H14N4O. The van der Waals surface area contributed by atoms with Crippen LogP contribution < -0.4 is 11.1 Å². The molecule has 1 fully saturated rings. The topological polar surface area (TPSA) is 72.9 Å². The predicted octanol–water partition coefficient (Wildman–Crippen LogP) is -0.302. The molecule has 0 aliphatic carbocycles. The first-order valence-electron chi connectivity index (χ1n) is 4.71. The van der Waals surface area contributed by atoms with Crippen molar-refractivity contribution in [1.29, 1.82) is 0 Å². The van der Waals surface area contributed by atoms with E-state index in [0.717, 1.165) is 12.1 Å². The van der Waals surface area contributed by atoms with Crippen LogP contribution in [0.3, 0.4) is 0 Å². The number of hydrogen-bond acceptors (Lipinski definition) is 3. The molecule has 0 aromatic carbocycles. The number of hydrogen-bond donors (Lipinski definition) is 2. The van der Waals surface area contributed by atoms with Gasteiger partial charge in [0.1, 0.15) is 0 Å². The molecule has 0 bridgehead atoms. The summed E-state index contributed by atoms with van der Waals surface area (Å²) in [6.07, 6.45) is 2.97. The van der Waals surface area contributed by atoms with Gasteiger partial charge in [0.2, 0.25) is 5.91 Å². The molecule has 1 amide bonds. The first-order valence-corrected chi connectivity index (χ1v) is 4.71. The molecule has 2 unspecified atom stereocenters. The minimum atomic E-state index is -0.0938. The summed E-state index contributed by atoms with van der Waals surface area (Å²) in [5, 5.41) is 6.95. The molecule has 1 aliphatic heterocycles. The van der Waals surface area contributed by atoms with Gasteiger partial charge in [-0.25, -0.2) is 0 Å². The summed E-state index contributed by atoms with van der Waals surface area (Å²) in [6, 6.07) is 1.78. The van der Waals surface area contributed by atoms with Crippen molar-refractivity contribution in [3.8, 4) is 0 Å². The second-order valence-corrected chi connectivity index (χ2v) is 3.63. The number of aryl methyl sites for hydroxylation is 1. The zero-order valence-corrected chi connectivity index (χ0v) is 8.10. The highest BCUT2D eigenvalue weighted by molar-refractivity contribution is 5.77. The van der Waals surface area contributed by atoms with Crippen molar-refractivity contribution < 1.29 is 4.79 Å². The van der Waals surface area contributed by atoms with E-state index in [2.05, 4.69) is 10.4 Å². The van der Waals surface area contributed by atoms with E-state index in [1.54, 1.807) is 10.9 Å². The number of carbonyl (C=O) groups excluding carboxylic acids is 1. The van der Waals surface area contributed by atoms with E-state index in [1.165, 1.54) is 0 Å². The van der Waals surface area contributed by atoms with Gasteiger partial charge in [0.15, 0.2) is 0 Å². The predicted molar refractivity (Wildman–Crippen MR) is 51.3 cm³/mol. The lowest BCUT2D eigenvalue weighted by Crippen LogP contribution is -2.46. The molecule has 0 spiro atoms. The summed E-state index contributed by atoms with van der Waals surface area (Å²) >= 11 is 0. The lowest BCUT2D eigenvalue weighted by Gasteiger charge is -2.29. The van der Waals surface area contributed by atoms with Crippen LogP contribution in [0.4, 0.5) is 0 Å². The number of amides is 1. The Balaban J connectivity index is 2.24. The fourth-order valence-electron chi connectivity index (χ4n) is 1.80. The number of nitrogens with zero attached hydrogens (tertiary/aromatic N) is 2. The highest BCUT2D eigenvalue weighted by Crippen LogP contribution is 2.21. The SMILES string of the molecule is Cn1nccc1C1NC(=O)CCC1N. The van der Waals surface area contributed by atoms with E-state index < -0.39 is 0 Å². The summed E-state index contributed by atoms with van der Waals surface area (Å²) in [6.45, 7) is 0. The quantitative estimate of drug-likeness (QED) is 0.644. The average molecular weight is 194 g/mol. The second kappa shape index (κ2) is 3.42. The molecule has 5 heteroatoms. The van der Waals surface area contributed by atoms with E-state index in [-0.39, 0.29) is 18.0 Å². The summed E-state index contributed by atoms with van der Waals surface area (Å²) < 4.78 is 1.75. The Morgan fingerprint density at radius 3 is 3.14 bits per heavy atom. The largest absolute Gasteiger partial charge is 0.346 e. The zero-order chi connectivity index (χ0) is 10.1. The minimum absolute atomic E-state index is 0.0110. The third-order valence-electron chi connectivity index (χ3n) is 2.63. The molecule has 1 aromatic heterocycles. The molecule has 14 heavy (non-hydrogen) atoms. The van der Waals surface area contributed by atoms with Crippen molar-refractivity contribution in [2.75, 3.05) is 0 Å².